The predicted molar refractivity (Wildman–Crippen MR) is 104 cm³/mol. The first kappa shape index (κ1) is 22.2. The van der Waals surface area contributed by atoms with Gasteiger partial charge in [-0.3, -0.25) is 9.10 Å². The van der Waals surface area contributed by atoms with E-state index in [1.165, 1.54) is 12.1 Å². The number of alkyl halides is 3. The average Bonchev–Trinajstić information content (AvgIpc) is 2.59. The van der Waals surface area contributed by atoms with Gasteiger partial charge in [0.15, 0.2) is 0 Å². The third kappa shape index (κ3) is 5.96. The lowest BCUT2D eigenvalue weighted by atomic mass is 10.1. The molecule has 1 N–H and O–H groups in total. The molecule has 10 heteroatoms. The number of sulfonamides is 1. The fraction of sp³-hybridized carbons (Fsp3) is 0.278. The Labute approximate surface area is 169 Å². The number of hydrogen-bond donors (Lipinski definition) is 1. The molecule has 0 aliphatic carbocycles. The van der Waals surface area contributed by atoms with Crippen LogP contribution >= 0.6 is 15.9 Å². The molecule has 0 unspecified atom stereocenters. The highest BCUT2D eigenvalue weighted by molar-refractivity contribution is 9.10. The fourth-order valence-electron chi connectivity index (χ4n) is 2.43. The van der Waals surface area contributed by atoms with Crippen molar-refractivity contribution in [2.24, 2.45) is 0 Å². The van der Waals surface area contributed by atoms with E-state index in [0.29, 0.717) is 5.69 Å². The van der Waals surface area contributed by atoms with Crippen LogP contribution in [-0.4, -0.2) is 27.1 Å². The summed E-state index contributed by atoms with van der Waals surface area (Å²) in [7, 11) is -3.74. The Bertz CT molecular complexity index is 978. The molecule has 5 nitrogen and oxygen atoms in total. The standard InChI is InChI=1S/C18H18BrF3N2O3S/c1-12-8-15(6-7-16(12)19)24(28(2,26)27)11-17(25)23-10-13-4-3-5-14(9-13)18(20,21)22/h3-9H,10-11H2,1-2H3,(H,23,25). The van der Waals surface area contributed by atoms with Crippen LogP contribution in [0, 0.1) is 6.92 Å². The molecule has 0 atom stereocenters. The van der Waals surface area contributed by atoms with Crippen LogP contribution in [0.1, 0.15) is 16.7 Å². The second kappa shape index (κ2) is 8.52. The number of rotatable bonds is 6. The van der Waals surface area contributed by atoms with Crippen LogP contribution < -0.4 is 9.62 Å². The van der Waals surface area contributed by atoms with E-state index >= 15 is 0 Å². The number of aryl methyl sites for hydroxylation is 1. The Morgan fingerprint density at radius 2 is 1.86 bits per heavy atom. The van der Waals surface area contributed by atoms with E-state index < -0.39 is 34.2 Å². The van der Waals surface area contributed by atoms with Crippen LogP contribution in [0.25, 0.3) is 0 Å². The average molecular weight is 479 g/mol. The highest BCUT2D eigenvalue weighted by atomic mass is 79.9. The first-order valence-corrected chi connectivity index (χ1v) is 10.7. The molecule has 152 valence electrons. The Morgan fingerprint density at radius 1 is 1.18 bits per heavy atom. The molecule has 0 heterocycles. The van der Waals surface area contributed by atoms with Gasteiger partial charge in [0.1, 0.15) is 6.54 Å². The van der Waals surface area contributed by atoms with Crippen molar-refractivity contribution in [1.29, 1.82) is 0 Å². The third-order valence-electron chi connectivity index (χ3n) is 3.86. The van der Waals surface area contributed by atoms with Crippen molar-refractivity contribution in [1.82, 2.24) is 5.32 Å². The second-order valence-corrected chi connectivity index (χ2v) is 8.94. The summed E-state index contributed by atoms with van der Waals surface area (Å²) in [5, 5.41) is 2.45. The lowest BCUT2D eigenvalue weighted by Gasteiger charge is -2.22. The molecular formula is C18H18BrF3N2O3S. The smallest absolute Gasteiger partial charge is 0.350 e. The molecule has 0 radical (unpaired) electrons. The first-order valence-electron chi connectivity index (χ1n) is 8.04. The maximum Gasteiger partial charge on any atom is 0.416 e. The molecule has 0 aromatic heterocycles. The molecule has 0 saturated carbocycles. The molecule has 0 aliphatic heterocycles. The number of carbonyl (C=O) groups excluding carboxylic acids is 1. The molecule has 2 rings (SSSR count). The van der Waals surface area contributed by atoms with E-state index in [1.54, 1.807) is 25.1 Å². The zero-order valence-electron chi connectivity index (χ0n) is 15.0. The topological polar surface area (TPSA) is 66.5 Å². The van der Waals surface area contributed by atoms with Gasteiger partial charge in [-0.25, -0.2) is 8.42 Å². The van der Waals surface area contributed by atoms with Crippen molar-refractivity contribution in [2.45, 2.75) is 19.6 Å². The van der Waals surface area contributed by atoms with Gasteiger partial charge < -0.3 is 5.32 Å². The van der Waals surface area contributed by atoms with Crippen molar-refractivity contribution in [3.05, 3.63) is 63.6 Å². The lowest BCUT2D eigenvalue weighted by Crippen LogP contribution is -2.40. The van der Waals surface area contributed by atoms with Crippen LogP contribution in [-0.2, 0) is 27.5 Å². The van der Waals surface area contributed by atoms with Gasteiger partial charge in [0.25, 0.3) is 0 Å². The summed E-state index contributed by atoms with van der Waals surface area (Å²) < 4.78 is 64.2. The van der Waals surface area contributed by atoms with Crippen LogP contribution in [0.4, 0.5) is 18.9 Å². The predicted octanol–water partition coefficient (Wildman–Crippen LogP) is 3.86. The highest BCUT2D eigenvalue weighted by Gasteiger charge is 2.30. The van der Waals surface area contributed by atoms with Gasteiger partial charge >= 0.3 is 6.18 Å². The van der Waals surface area contributed by atoms with Gasteiger partial charge in [0, 0.05) is 11.0 Å². The van der Waals surface area contributed by atoms with Crippen LogP contribution in [0.15, 0.2) is 46.9 Å². The minimum atomic E-state index is -4.48. The molecule has 1 amide bonds. The Morgan fingerprint density at radius 3 is 2.43 bits per heavy atom. The number of amides is 1. The van der Waals surface area contributed by atoms with E-state index in [4.69, 9.17) is 0 Å². The number of hydrogen-bond acceptors (Lipinski definition) is 3. The Hall–Kier alpha value is -2.07. The summed E-state index contributed by atoms with van der Waals surface area (Å²) in [4.78, 5) is 12.2. The van der Waals surface area contributed by atoms with Gasteiger partial charge in [0.2, 0.25) is 15.9 Å². The van der Waals surface area contributed by atoms with Crippen molar-refractivity contribution >= 4 is 37.5 Å². The summed E-state index contributed by atoms with van der Waals surface area (Å²) in [6.07, 6.45) is -3.50. The summed E-state index contributed by atoms with van der Waals surface area (Å²) >= 11 is 3.32. The second-order valence-electron chi connectivity index (χ2n) is 6.18. The van der Waals surface area contributed by atoms with Crippen LogP contribution in [0.3, 0.4) is 0 Å². The quantitative estimate of drug-likeness (QED) is 0.685. The zero-order chi connectivity index (χ0) is 21.1. The summed E-state index contributed by atoms with van der Waals surface area (Å²) in [5.74, 6) is -0.636. The number of nitrogens with zero attached hydrogens (tertiary/aromatic N) is 1. The maximum atomic E-state index is 12.8. The van der Waals surface area contributed by atoms with E-state index in [9.17, 15) is 26.4 Å². The molecule has 0 bridgehead atoms. The summed E-state index contributed by atoms with van der Waals surface area (Å²) in [6.45, 7) is 1.14. The molecular weight excluding hydrogens is 461 g/mol. The molecule has 0 saturated heterocycles. The molecule has 0 spiro atoms. The number of nitrogens with one attached hydrogen (secondary N) is 1. The number of anilines is 1. The van der Waals surface area contributed by atoms with Crippen molar-refractivity contribution in [3.63, 3.8) is 0 Å². The largest absolute Gasteiger partial charge is 0.416 e. The molecule has 2 aromatic rings. The number of benzene rings is 2. The van der Waals surface area contributed by atoms with E-state index in [-0.39, 0.29) is 12.1 Å². The third-order valence-corrected chi connectivity index (χ3v) is 5.89. The van der Waals surface area contributed by atoms with Crippen molar-refractivity contribution in [3.8, 4) is 0 Å². The fourth-order valence-corrected chi connectivity index (χ4v) is 3.52. The molecule has 0 fully saturated rings. The van der Waals surface area contributed by atoms with Gasteiger partial charge in [-0.05, 0) is 48.4 Å². The van der Waals surface area contributed by atoms with E-state index in [1.807, 2.05) is 0 Å². The lowest BCUT2D eigenvalue weighted by molar-refractivity contribution is -0.137. The minimum absolute atomic E-state index is 0.153. The maximum absolute atomic E-state index is 12.8. The minimum Gasteiger partial charge on any atom is -0.350 e. The number of carbonyl (C=O) groups is 1. The highest BCUT2D eigenvalue weighted by Crippen LogP contribution is 2.29. The Kier molecular flexibility index (Phi) is 6.76. The zero-order valence-corrected chi connectivity index (χ0v) is 17.5. The molecule has 0 aliphatic rings. The van der Waals surface area contributed by atoms with Crippen LogP contribution in [0.2, 0.25) is 0 Å². The number of halogens is 4. The SMILES string of the molecule is Cc1cc(N(CC(=O)NCc2cccc(C(F)(F)F)c2)S(C)(=O)=O)ccc1Br. The summed E-state index contributed by atoms with van der Waals surface area (Å²) in [6, 6.07) is 9.41. The summed E-state index contributed by atoms with van der Waals surface area (Å²) in [5.41, 5.74) is 0.545. The van der Waals surface area contributed by atoms with Crippen LogP contribution in [0.5, 0.6) is 0 Å². The normalized spacial score (nSPS) is 11.9. The van der Waals surface area contributed by atoms with Gasteiger partial charge in [-0.2, -0.15) is 13.2 Å². The monoisotopic (exact) mass is 478 g/mol. The van der Waals surface area contributed by atoms with E-state index in [2.05, 4.69) is 21.2 Å². The van der Waals surface area contributed by atoms with Gasteiger partial charge in [-0.1, -0.05) is 28.1 Å². The van der Waals surface area contributed by atoms with Crippen molar-refractivity contribution < 1.29 is 26.4 Å². The molecule has 28 heavy (non-hydrogen) atoms. The van der Waals surface area contributed by atoms with Crippen molar-refractivity contribution in [2.75, 3.05) is 17.1 Å². The Balaban J connectivity index is 2.12. The van der Waals surface area contributed by atoms with E-state index in [0.717, 1.165) is 32.7 Å². The van der Waals surface area contributed by atoms with Gasteiger partial charge in [0.05, 0.1) is 17.5 Å². The first-order chi connectivity index (χ1) is 12.9. The van der Waals surface area contributed by atoms with Gasteiger partial charge in [-0.15, -0.1) is 0 Å². The molecule has 2 aromatic carbocycles.